The predicted molar refractivity (Wildman–Crippen MR) is 79.6 cm³/mol. The second-order valence-corrected chi connectivity index (χ2v) is 4.98. The van der Waals surface area contributed by atoms with Crippen molar-refractivity contribution >= 4 is 22.7 Å². The van der Waals surface area contributed by atoms with Crippen LogP contribution in [0.15, 0.2) is 30.5 Å². The first-order valence-electron chi connectivity index (χ1n) is 6.84. The smallest absolute Gasteiger partial charge is 0.409 e. The zero-order valence-corrected chi connectivity index (χ0v) is 11.8. The van der Waals surface area contributed by atoms with Crippen LogP contribution in [0, 0.1) is 0 Å². The minimum atomic E-state index is -0.278. The van der Waals surface area contributed by atoms with Gasteiger partial charge in [0.15, 0.2) is 0 Å². The van der Waals surface area contributed by atoms with Gasteiger partial charge in [0.05, 0.1) is 12.6 Å². The van der Waals surface area contributed by atoms with E-state index in [-0.39, 0.29) is 11.8 Å². The third-order valence-electron chi connectivity index (χ3n) is 3.78. The molecule has 6 heteroatoms. The molecular formula is C15H17N3O3. The van der Waals surface area contributed by atoms with Gasteiger partial charge < -0.3 is 19.6 Å². The van der Waals surface area contributed by atoms with Crippen molar-refractivity contribution in [2.45, 2.75) is 0 Å². The number of amides is 1. The number of fused-ring (bicyclic) bond motifs is 1. The molecule has 1 aliphatic rings. The molecule has 0 spiro atoms. The summed E-state index contributed by atoms with van der Waals surface area (Å²) in [6, 6.07) is 7.39. The van der Waals surface area contributed by atoms with Crippen molar-refractivity contribution in [3.8, 4) is 5.75 Å². The lowest BCUT2D eigenvalue weighted by Crippen LogP contribution is -2.48. The molecule has 1 saturated heterocycles. The molecule has 1 N–H and O–H groups in total. The number of pyridine rings is 1. The number of nitrogens with zero attached hydrogens (tertiary/aromatic N) is 3. The van der Waals surface area contributed by atoms with Crippen LogP contribution >= 0.6 is 0 Å². The molecule has 0 unspecified atom stereocenters. The van der Waals surface area contributed by atoms with Crippen molar-refractivity contribution in [2.24, 2.45) is 0 Å². The van der Waals surface area contributed by atoms with Crippen LogP contribution in [-0.4, -0.2) is 54.4 Å². The lowest BCUT2D eigenvalue weighted by Gasteiger charge is -2.35. The van der Waals surface area contributed by atoms with E-state index in [4.69, 9.17) is 4.74 Å². The van der Waals surface area contributed by atoms with E-state index in [9.17, 15) is 9.90 Å². The first-order chi connectivity index (χ1) is 10.2. The lowest BCUT2D eigenvalue weighted by molar-refractivity contribution is 0.121. The number of rotatable bonds is 1. The van der Waals surface area contributed by atoms with E-state index < -0.39 is 0 Å². The van der Waals surface area contributed by atoms with Crippen molar-refractivity contribution < 1.29 is 14.6 Å². The Labute approximate surface area is 122 Å². The molecule has 0 atom stereocenters. The first-order valence-corrected chi connectivity index (χ1v) is 6.84. The van der Waals surface area contributed by atoms with Crippen molar-refractivity contribution in [1.29, 1.82) is 0 Å². The highest BCUT2D eigenvalue weighted by atomic mass is 16.5. The van der Waals surface area contributed by atoms with E-state index in [1.54, 1.807) is 17.2 Å². The van der Waals surface area contributed by atoms with Gasteiger partial charge in [0.1, 0.15) is 5.75 Å². The third kappa shape index (κ3) is 2.56. The van der Waals surface area contributed by atoms with Crippen molar-refractivity contribution in [2.75, 3.05) is 38.2 Å². The van der Waals surface area contributed by atoms with E-state index in [1.165, 1.54) is 7.11 Å². The van der Waals surface area contributed by atoms with Crippen molar-refractivity contribution in [1.82, 2.24) is 9.88 Å². The summed E-state index contributed by atoms with van der Waals surface area (Å²) in [5, 5.41) is 10.5. The molecule has 1 amide bonds. The highest BCUT2D eigenvalue weighted by Crippen LogP contribution is 2.27. The molecule has 6 nitrogen and oxygen atoms in total. The largest absolute Gasteiger partial charge is 0.507 e. The predicted octanol–water partition coefficient (Wildman–Crippen LogP) is 1.83. The molecule has 0 aliphatic carbocycles. The van der Waals surface area contributed by atoms with Gasteiger partial charge in [-0.2, -0.15) is 0 Å². The molecule has 21 heavy (non-hydrogen) atoms. The van der Waals surface area contributed by atoms with E-state index in [0.717, 1.165) is 29.7 Å². The van der Waals surface area contributed by atoms with Crippen LogP contribution < -0.4 is 4.90 Å². The second kappa shape index (κ2) is 5.47. The number of hydrogen-bond donors (Lipinski definition) is 1. The van der Waals surface area contributed by atoms with Crippen molar-refractivity contribution in [3.63, 3.8) is 0 Å². The Bertz CT molecular complexity index is 666. The van der Waals surface area contributed by atoms with E-state index >= 15 is 0 Å². The van der Waals surface area contributed by atoms with Crippen LogP contribution in [0.3, 0.4) is 0 Å². The molecule has 1 aliphatic heterocycles. The summed E-state index contributed by atoms with van der Waals surface area (Å²) in [5.74, 6) is 0.238. The Balaban J connectivity index is 1.78. The minimum absolute atomic E-state index is 0.238. The van der Waals surface area contributed by atoms with Gasteiger partial charge in [-0.15, -0.1) is 0 Å². The number of carbonyl (C=O) groups is 1. The minimum Gasteiger partial charge on any atom is -0.507 e. The van der Waals surface area contributed by atoms with Crippen LogP contribution in [0.25, 0.3) is 10.9 Å². The molecule has 3 rings (SSSR count). The Kier molecular flexibility index (Phi) is 3.51. The van der Waals surface area contributed by atoms with E-state index in [2.05, 4.69) is 9.88 Å². The van der Waals surface area contributed by atoms with Gasteiger partial charge in [-0.3, -0.25) is 4.98 Å². The fourth-order valence-electron chi connectivity index (χ4n) is 2.59. The van der Waals surface area contributed by atoms with Gasteiger partial charge in [0.25, 0.3) is 0 Å². The van der Waals surface area contributed by atoms with Crippen LogP contribution in [0.1, 0.15) is 0 Å². The SMILES string of the molecule is COC(=O)N1CCN(c2ccc3c(O)ccnc3c2)CC1. The zero-order valence-electron chi connectivity index (χ0n) is 11.8. The number of carbonyl (C=O) groups excluding carboxylic acids is 1. The topological polar surface area (TPSA) is 65.9 Å². The maximum absolute atomic E-state index is 11.5. The quantitative estimate of drug-likeness (QED) is 0.866. The van der Waals surface area contributed by atoms with Gasteiger partial charge >= 0.3 is 6.09 Å². The van der Waals surface area contributed by atoms with Gasteiger partial charge in [-0.25, -0.2) is 4.79 Å². The van der Waals surface area contributed by atoms with Gasteiger partial charge in [-0.05, 0) is 24.3 Å². The van der Waals surface area contributed by atoms with Crippen LogP contribution in [0.4, 0.5) is 10.5 Å². The fourth-order valence-corrected chi connectivity index (χ4v) is 2.59. The number of anilines is 1. The molecule has 0 bridgehead atoms. The third-order valence-corrected chi connectivity index (χ3v) is 3.78. The first kappa shape index (κ1) is 13.5. The number of aromatic nitrogens is 1. The Morgan fingerprint density at radius 2 is 2.00 bits per heavy atom. The summed E-state index contributed by atoms with van der Waals surface area (Å²) >= 11 is 0. The maximum atomic E-state index is 11.5. The summed E-state index contributed by atoms with van der Waals surface area (Å²) in [4.78, 5) is 19.6. The summed E-state index contributed by atoms with van der Waals surface area (Å²) in [7, 11) is 1.40. The standard InChI is InChI=1S/C15H17N3O3/c1-21-15(20)18-8-6-17(7-9-18)11-2-3-12-13(10-11)16-5-4-14(12)19/h2-5,10H,6-9H2,1H3,(H,16,19). The number of aromatic hydroxyl groups is 1. The number of methoxy groups -OCH3 is 1. The fraction of sp³-hybridized carbons (Fsp3) is 0.333. The molecule has 1 aromatic heterocycles. The average molecular weight is 287 g/mol. The summed E-state index contributed by atoms with van der Waals surface area (Å²) in [5.41, 5.74) is 1.81. The maximum Gasteiger partial charge on any atom is 0.409 e. The van der Waals surface area contributed by atoms with Gasteiger partial charge in [0.2, 0.25) is 0 Å². The Morgan fingerprint density at radius 1 is 1.24 bits per heavy atom. The monoisotopic (exact) mass is 287 g/mol. The average Bonchev–Trinajstić information content (AvgIpc) is 2.54. The van der Waals surface area contributed by atoms with Crippen molar-refractivity contribution in [3.05, 3.63) is 30.5 Å². The van der Waals surface area contributed by atoms with Gasteiger partial charge in [0, 0.05) is 43.4 Å². The summed E-state index contributed by atoms with van der Waals surface area (Å²) in [6.45, 7) is 2.77. The Morgan fingerprint density at radius 3 is 2.71 bits per heavy atom. The highest BCUT2D eigenvalue weighted by molar-refractivity contribution is 5.87. The molecule has 0 radical (unpaired) electrons. The van der Waals surface area contributed by atoms with E-state index in [1.807, 2.05) is 18.2 Å². The number of hydrogen-bond acceptors (Lipinski definition) is 5. The summed E-state index contributed by atoms with van der Waals surface area (Å²) in [6.07, 6.45) is 1.32. The van der Waals surface area contributed by atoms with Crippen LogP contribution in [-0.2, 0) is 4.74 Å². The number of ether oxygens (including phenoxy) is 1. The number of piperazine rings is 1. The molecule has 2 aromatic rings. The van der Waals surface area contributed by atoms with Gasteiger partial charge in [-0.1, -0.05) is 0 Å². The Hall–Kier alpha value is -2.50. The number of benzene rings is 1. The highest BCUT2D eigenvalue weighted by Gasteiger charge is 2.21. The van der Waals surface area contributed by atoms with Crippen LogP contribution in [0.2, 0.25) is 0 Å². The van der Waals surface area contributed by atoms with Crippen LogP contribution in [0.5, 0.6) is 5.75 Å². The zero-order chi connectivity index (χ0) is 14.8. The molecular weight excluding hydrogens is 270 g/mol. The molecule has 110 valence electrons. The molecule has 2 heterocycles. The molecule has 1 aromatic carbocycles. The summed E-state index contributed by atoms with van der Waals surface area (Å²) < 4.78 is 4.73. The molecule has 0 saturated carbocycles. The molecule has 1 fully saturated rings. The second-order valence-electron chi connectivity index (χ2n) is 4.98. The normalized spacial score (nSPS) is 15.3. The van der Waals surface area contributed by atoms with E-state index in [0.29, 0.717) is 13.1 Å². The lowest BCUT2D eigenvalue weighted by atomic mass is 10.1.